The molecule has 112 valence electrons. The summed E-state index contributed by atoms with van der Waals surface area (Å²) in [6, 6.07) is 0.957. The smallest absolute Gasteiger partial charge is 0.337 e. The summed E-state index contributed by atoms with van der Waals surface area (Å²) in [5, 5.41) is 14.2. The van der Waals surface area contributed by atoms with E-state index in [2.05, 4.69) is 15.6 Å². The molecule has 0 aliphatic carbocycles. The molecule has 3 N–H and O–H groups in total. The quantitative estimate of drug-likeness (QED) is 0.752. The molecule has 0 aromatic carbocycles. The zero-order valence-electron chi connectivity index (χ0n) is 11.5. The van der Waals surface area contributed by atoms with Gasteiger partial charge in [0, 0.05) is 32.3 Å². The summed E-state index contributed by atoms with van der Waals surface area (Å²) in [5.41, 5.74) is 0.327. The van der Waals surface area contributed by atoms with Gasteiger partial charge in [0.25, 0.3) is 0 Å². The first kappa shape index (κ1) is 14.8. The zero-order chi connectivity index (χ0) is 15.4. The van der Waals surface area contributed by atoms with E-state index in [9.17, 15) is 14.4 Å². The molecular weight excluding hydrogens is 276 g/mol. The molecule has 1 unspecified atom stereocenters. The number of nitrogens with zero attached hydrogens (tertiary/aromatic N) is 2. The maximum Gasteiger partial charge on any atom is 0.337 e. The van der Waals surface area contributed by atoms with Gasteiger partial charge in [0.15, 0.2) is 0 Å². The van der Waals surface area contributed by atoms with Gasteiger partial charge in [-0.15, -0.1) is 0 Å². The Labute approximate surface area is 121 Å². The van der Waals surface area contributed by atoms with Crippen LogP contribution in [0.25, 0.3) is 0 Å². The van der Waals surface area contributed by atoms with Crippen LogP contribution >= 0.6 is 0 Å². The van der Waals surface area contributed by atoms with Crippen LogP contribution in [-0.4, -0.2) is 52.0 Å². The van der Waals surface area contributed by atoms with Crippen molar-refractivity contribution in [1.29, 1.82) is 0 Å². The Balaban J connectivity index is 1.94. The van der Waals surface area contributed by atoms with Crippen molar-refractivity contribution in [3.8, 4) is 0 Å². The number of carbonyl (C=O) groups is 3. The number of urea groups is 1. The Bertz CT molecular complexity index is 575. The van der Waals surface area contributed by atoms with Crippen molar-refractivity contribution in [2.24, 2.45) is 0 Å². The molecule has 2 heterocycles. The second-order valence-corrected chi connectivity index (χ2v) is 4.83. The van der Waals surface area contributed by atoms with Crippen LogP contribution < -0.4 is 10.6 Å². The van der Waals surface area contributed by atoms with Crippen LogP contribution in [0.3, 0.4) is 0 Å². The van der Waals surface area contributed by atoms with Crippen LogP contribution in [0.1, 0.15) is 23.7 Å². The molecule has 1 fully saturated rings. The summed E-state index contributed by atoms with van der Waals surface area (Å²) < 4.78 is 0. The molecule has 0 spiro atoms. The van der Waals surface area contributed by atoms with E-state index in [-0.39, 0.29) is 23.5 Å². The maximum atomic E-state index is 12.1. The summed E-state index contributed by atoms with van der Waals surface area (Å²) in [5.74, 6) is -1.23. The Morgan fingerprint density at radius 3 is 2.81 bits per heavy atom. The second-order valence-electron chi connectivity index (χ2n) is 4.83. The Morgan fingerprint density at radius 1 is 1.38 bits per heavy atom. The van der Waals surface area contributed by atoms with E-state index in [4.69, 9.17) is 5.11 Å². The van der Waals surface area contributed by atoms with Gasteiger partial charge in [0.1, 0.15) is 0 Å². The minimum Gasteiger partial charge on any atom is -0.478 e. The molecule has 1 aromatic rings. The number of carbonyl (C=O) groups excluding carboxylic acids is 2. The van der Waals surface area contributed by atoms with Gasteiger partial charge in [-0.1, -0.05) is 0 Å². The highest BCUT2D eigenvalue weighted by Crippen LogP contribution is 2.13. The average Bonchev–Trinajstić information content (AvgIpc) is 2.86. The minimum absolute atomic E-state index is 0.00495. The third kappa shape index (κ3) is 3.91. The molecule has 1 atom stereocenters. The lowest BCUT2D eigenvalue weighted by molar-refractivity contribution is -0.119. The van der Waals surface area contributed by atoms with Gasteiger partial charge in [-0.2, -0.15) is 0 Å². The molecule has 1 aliphatic rings. The number of rotatable bonds is 3. The molecule has 0 saturated carbocycles. The van der Waals surface area contributed by atoms with E-state index in [1.165, 1.54) is 25.4 Å². The molecular formula is C13H16N4O4. The standard InChI is InChI=1S/C13H16N4O4/c1-8(18)15-10-2-3-17(7-10)13(21)16-11-4-9(12(19)20)5-14-6-11/h4-6,10H,2-3,7H2,1H3,(H,15,18)(H,16,21)(H,19,20). The summed E-state index contributed by atoms with van der Waals surface area (Å²) in [7, 11) is 0. The largest absolute Gasteiger partial charge is 0.478 e. The normalized spacial score (nSPS) is 17.4. The predicted octanol–water partition coefficient (Wildman–Crippen LogP) is 0.522. The Hall–Kier alpha value is -2.64. The van der Waals surface area contributed by atoms with Gasteiger partial charge < -0.3 is 20.6 Å². The van der Waals surface area contributed by atoms with E-state index >= 15 is 0 Å². The Kier molecular flexibility index (Phi) is 4.36. The van der Waals surface area contributed by atoms with Gasteiger partial charge in [-0.3, -0.25) is 9.78 Å². The van der Waals surface area contributed by atoms with Crippen molar-refractivity contribution >= 4 is 23.6 Å². The van der Waals surface area contributed by atoms with Crippen molar-refractivity contribution < 1.29 is 19.5 Å². The average molecular weight is 292 g/mol. The number of amides is 3. The highest BCUT2D eigenvalue weighted by Gasteiger charge is 2.26. The highest BCUT2D eigenvalue weighted by atomic mass is 16.4. The summed E-state index contributed by atoms with van der Waals surface area (Å²) in [4.78, 5) is 39.2. The Morgan fingerprint density at radius 2 is 2.14 bits per heavy atom. The second kappa shape index (κ2) is 6.21. The van der Waals surface area contributed by atoms with Gasteiger partial charge in [0.05, 0.1) is 17.4 Å². The fourth-order valence-corrected chi connectivity index (χ4v) is 2.18. The number of hydrogen-bond acceptors (Lipinski definition) is 4. The van der Waals surface area contributed by atoms with Gasteiger partial charge in [0.2, 0.25) is 5.91 Å². The van der Waals surface area contributed by atoms with Crippen molar-refractivity contribution in [2.75, 3.05) is 18.4 Å². The molecule has 8 nitrogen and oxygen atoms in total. The summed E-state index contributed by atoms with van der Waals surface area (Å²) in [6.07, 6.45) is 3.28. The first-order valence-corrected chi connectivity index (χ1v) is 6.47. The number of pyridine rings is 1. The van der Waals surface area contributed by atoms with E-state index < -0.39 is 5.97 Å². The topological polar surface area (TPSA) is 112 Å². The lowest BCUT2D eigenvalue weighted by Gasteiger charge is -2.17. The molecule has 1 saturated heterocycles. The number of likely N-dealkylation sites (tertiary alicyclic amines) is 1. The molecule has 2 rings (SSSR count). The van der Waals surface area contributed by atoms with Gasteiger partial charge in [-0.05, 0) is 12.5 Å². The van der Waals surface area contributed by atoms with E-state index in [1.54, 1.807) is 4.90 Å². The van der Waals surface area contributed by atoms with Crippen molar-refractivity contribution in [1.82, 2.24) is 15.2 Å². The lowest BCUT2D eigenvalue weighted by atomic mass is 10.2. The fourth-order valence-electron chi connectivity index (χ4n) is 2.18. The minimum atomic E-state index is -1.11. The van der Waals surface area contributed by atoms with Crippen molar-refractivity contribution in [3.63, 3.8) is 0 Å². The molecule has 1 aromatic heterocycles. The number of aromatic carboxylic acids is 1. The monoisotopic (exact) mass is 292 g/mol. The highest BCUT2D eigenvalue weighted by molar-refractivity contribution is 5.92. The molecule has 0 bridgehead atoms. The van der Waals surface area contributed by atoms with Gasteiger partial charge >= 0.3 is 12.0 Å². The number of carboxylic acid groups (broad SMARTS) is 1. The number of carboxylic acids is 1. The first-order chi connectivity index (χ1) is 9.95. The third-order valence-electron chi connectivity index (χ3n) is 3.12. The molecule has 3 amide bonds. The van der Waals surface area contributed by atoms with Crippen molar-refractivity contribution in [3.05, 3.63) is 24.0 Å². The van der Waals surface area contributed by atoms with E-state index in [0.717, 1.165) is 0 Å². The number of aromatic nitrogens is 1. The van der Waals surface area contributed by atoms with E-state index in [1.807, 2.05) is 0 Å². The van der Waals surface area contributed by atoms with Crippen LogP contribution in [-0.2, 0) is 4.79 Å². The first-order valence-electron chi connectivity index (χ1n) is 6.47. The van der Waals surface area contributed by atoms with Crippen LogP contribution in [0.2, 0.25) is 0 Å². The summed E-state index contributed by atoms with van der Waals surface area (Å²) in [6.45, 7) is 2.39. The maximum absolute atomic E-state index is 12.1. The van der Waals surface area contributed by atoms with Crippen LogP contribution in [0, 0.1) is 0 Å². The van der Waals surface area contributed by atoms with Gasteiger partial charge in [-0.25, -0.2) is 9.59 Å². The van der Waals surface area contributed by atoms with Crippen LogP contribution in [0.5, 0.6) is 0 Å². The van der Waals surface area contributed by atoms with Crippen LogP contribution in [0.4, 0.5) is 10.5 Å². The fraction of sp³-hybridized carbons (Fsp3) is 0.385. The SMILES string of the molecule is CC(=O)NC1CCN(C(=O)Nc2cncc(C(=O)O)c2)C1. The lowest BCUT2D eigenvalue weighted by Crippen LogP contribution is -2.38. The number of nitrogens with one attached hydrogen (secondary N) is 2. The molecule has 0 radical (unpaired) electrons. The predicted molar refractivity (Wildman–Crippen MR) is 74.0 cm³/mol. The summed E-state index contributed by atoms with van der Waals surface area (Å²) >= 11 is 0. The van der Waals surface area contributed by atoms with E-state index in [0.29, 0.717) is 25.2 Å². The third-order valence-corrected chi connectivity index (χ3v) is 3.12. The van der Waals surface area contributed by atoms with Crippen LogP contribution in [0.15, 0.2) is 18.5 Å². The number of hydrogen-bond donors (Lipinski definition) is 3. The van der Waals surface area contributed by atoms with Crippen molar-refractivity contribution in [2.45, 2.75) is 19.4 Å². The molecule has 8 heteroatoms. The molecule has 1 aliphatic heterocycles. The molecule has 21 heavy (non-hydrogen) atoms. The number of anilines is 1. The zero-order valence-corrected chi connectivity index (χ0v) is 11.5.